The molecule has 4 rings (SSSR count). The van der Waals surface area contributed by atoms with E-state index in [9.17, 15) is 0 Å². The van der Waals surface area contributed by atoms with Gasteiger partial charge < -0.3 is 14.8 Å². The number of nitrogens with one attached hydrogen (secondary N) is 1. The molecular formula is C18H24N4O2. The van der Waals surface area contributed by atoms with Crippen molar-refractivity contribution in [3.05, 3.63) is 34.9 Å². The van der Waals surface area contributed by atoms with Crippen LogP contribution in [0.4, 0.5) is 0 Å². The molecule has 0 aliphatic carbocycles. The highest BCUT2D eigenvalue weighted by Gasteiger charge is 2.23. The highest BCUT2D eigenvalue weighted by Crippen LogP contribution is 2.35. The molecule has 0 unspecified atom stereocenters. The van der Waals surface area contributed by atoms with Gasteiger partial charge in [-0.25, -0.2) is 9.67 Å². The molecule has 2 aliphatic rings. The zero-order valence-corrected chi connectivity index (χ0v) is 14.5. The summed E-state index contributed by atoms with van der Waals surface area (Å²) < 4.78 is 13.5. The highest BCUT2D eigenvalue weighted by molar-refractivity contribution is 5.48. The smallest absolute Gasteiger partial charge is 0.147 e. The molecule has 1 aromatic carbocycles. The van der Waals surface area contributed by atoms with Crippen molar-refractivity contribution in [3.8, 4) is 11.5 Å². The maximum absolute atomic E-state index is 5.88. The number of benzene rings is 1. The molecule has 3 heterocycles. The van der Waals surface area contributed by atoms with Gasteiger partial charge in [-0.05, 0) is 32.4 Å². The third-order valence-electron chi connectivity index (χ3n) is 4.84. The molecule has 0 saturated carbocycles. The Balaban J connectivity index is 1.46. The molecule has 0 amide bonds. The van der Waals surface area contributed by atoms with E-state index >= 15 is 0 Å². The van der Waals surface area contributed by atoms with Gasteiger partial charge in [0.2, 0.25) is 0 Å². The van der Waals surface area contributed by atoms with Gasteiger partial charge >= 0.3 is 0 Å². The number of hydrogen-bond acceptors (Lipinski definition) is 5. The van der Waals surface area contributed by atoms with E-state index in [0.717, 1.165) is 61.1 Å². The van der Waals surface area contributed by atoms with E-state index in [-0.39, 0.29) is 6.10 Å². The second-order valence-electron chi connectivity index (χ2n) is 6.78. The quantitative estimate of drug-likeness (QED) is 0.930. The number of hydrogen-bond donors (Lipinski definition) is 1. The second kappa shape index (κ2) is 6.09. The minimum Gasteiger partial charge on any atom is -0.496 e. The zero-order valence-electron chi connectivity index (χ0n) is 14.5. The van der Waals surface area contributed by atoms with Crippen LogP contribution in [0.2, 0.25) is 0 Å². The summed E-state index contributed by atoms with van der Waals surface area (Å²) in [6.07, 6.45) is 3.26. The van der Waals surface area contributed by atoms with Crippen molar-refractivity contribution in [2.75, 3.05) is 7.11 Å². The van der Waals surface area contributed by atoms with Crippen LogP contribution >= 0.6 is 0 Å². The van der Waals surface area contributed by atoms with Gasteiger partial charge in [-0.3, -0.25) is 0 Å². The Morgan fingerprint density at radius 1 is 1.42 bits per heavy atom. The van der Waals surface area contributed by atoms with Gasteiger partial charge in [0.15, 0.2) is 0 Å². The first-order chi connectivity index (χ1) is 11.6. The van der Waals surface area contributed by atoms with Crippen LogP contribution in [0.1, 0.15) is 36.1 Å². The van der Waals surface area contributed by atoms with Crippen LogP contribution < -0.4 is 14.8 Å². The fourth-order valence-electron chi connectivity index (χ4n) is 3.66. The van der Waals surface area contributed by atoms with Crippen LogP contribution in [0.25, 0.3) is 0 Å². The molecule has 1 N–H and O–H groups in total. The van der Waals surface area contributed by atoms with E-state index in [4.69, 9.17) is 9.47 Å². The van der Waals surface area contributed by atoms with E-state index in [1.54, 1.807) is 7.11 Å². The van der Waals surface area contributed by atoms with Crippen molar-refractivity contribution in [3.63, 3.8) is 0 Å². The predicted molar refractivity (Wildman–Crippen MR) is 90.5 cm³/mol. The highest BCUT2D eigenvalue weighted by atomic mass is 16.5. The molecule has 0 radical (unpaired) electrons. The molecular weight excluding hydrogens is 304 g/mol. The number of rotatable bonds is 4. The lowest BCUT2D eigenvalue weighted by molar-refractivity contribution is 0.254. The molecule has 1 aromatic heterocycles. The van der Waals surface area contributed by atoms with Crippen LogP contribution in [0.15, 0.2) is 12.1 Å². The summed E-state index contributed by atoms with van der Waals surface area (Å²) in [6, 6.07) is 4.64. The minimum absolute atomic E-state index is 0.250. The Labute approximate surface area is 142 Å². The van der Waals surface area contributed by atoms with Gasteiger partial charge in [0.25, 0.3) is 0 Å². The monoisotopic (exact) mass is 328 g/mol. The summed E-state index contributed by atoms with van der Waals surface area (Å²) in [7, 11) is 1.73. The average Bonchev–Trinajstić information content (AvgIpc) is 3.11. The number of fused-ring (bicyclic) bond motifs is 2. The molecule has 0 spiro atoms. The maximum atomic E-state index is 5.88. The lowest BCUT2D eigenvalue weighted by atomic mass is 10.0. The molecule has 2 aliphatic heterocycles. The lowest BCUT2D eigenvalue weighted by Gasteiger charge is -2.24. The van der Waals surface area contributed by atoms with Crippen LogP contribution in [0.3, 0.4) is 0 Å². The van der Waals surface area contributed by atoms with Crippen LogP contribution in [0.5, 0.6) is 11.5 Å². The Morgan fingerprint density at radius 2 is 2.29 bits per heavy atom. The van der Waals surface area contributed by atoms with Crippen LogP contribution in [0, 0.1) is 6.92 Å². The summed E-state index contributed by atoms with van der Waals surface area (Å²) in [5.74, 6) is 3.89. The maximum Gasteiger partial charge on any atom is 0.147 e. The third kappa shape index (κ3) is 2.86. The van der Waals surface area contributed by atoms with Gasteiger partial charge in [0, 0.05) is 36.6 Å². The summed E-state index contributed by atoms with van der Waals surface area (Å²) in [4.78, 5) is 4.47. The van der Waals surface area contributed by atoms with Crippen molar-refractivity contribution in [2.24, 2.45) is 0 Å². The molecule has 0 saturated heterocycles. The van der Waals surface area contributed by atoms with E-state index in [2.05, 4.69) is 34.5 Å². The average molecular weight is 328 g/mol. The molecule has 2 aromatic rings. The Bertz CT molecular complexity index is 756. The predicted octanol–water partition coefficient (Wildman–Crippen LogP) is 2.02. The topological polar surface area (TPSA) is 61.2 Å². The normalized spacial score (nSPS) is 22.0. The second-order valence-corrected chi connectivity index (χ2v) is 6.78. The van der Waals surface area contributed by atoms with Crippen molar-refractivity contribution >= 4 is 0 Å². The van der Waals surface area contributed by atoms with E-state index in [0.29, 0.717) is 6.04 Å². The SMILES string of the molecule is COc1cc2c(cc1CN[C@H]1CCc3nc(C)nn3C1)O[C@H](C)C2. The van der Waals surface area contributed by atoms with Gasteiger partial charge in [-0.1, -0.05) is 0 Å². The lowest BCUT2D eigenvalue weighted by Crippen LogP contribution is -2.37. The molecule has 0 bridgehead atoms. The minimum atomic E-state index is 0.250. The molecule has 24 heavy (non-hydrogen) atoms. The Hall–Kier alpha value is -2.08. The fourth-order valence-corrected chi connectivity index (χ4v) is 3.66. The number of aryl methyl sites for hydroxylation is 2. The third-order valence-corrected chi connectivity index (χ3v) is 4.84. The molecule has 6 heteroatoms. The van der Waals surface area contributed by atoms with Gasteiger partial charge in [0.05, 0.1) is 13.7 Å². The first kappa shape index (κ1) is 15.4. The van der Waals surface area contributed by atoms with Crippen LogP contribution in [-0.2, 0) is 25.9 Å². The molecule has 0 fully saturated rings. The first-order valence-corrected chi connectivity index (χ1v) is 8.62. The first-order valence-electron chi connectivity index (χ1n) is 8.62. The summed E-state index contributed by atoms with van der Waals surface area (Å²) >= 11 is 0. The number of ether oxygens (including phenoxy) is 2. The van der Waals surface area contributed by atoms with Gasteiger partial charge in [-0.2, -0.15) is 5.10 Å². The fraction of sp³-hybridized carbons (Fsp3) is 0.556. The van der Waals surface area contributed by atoms with Crippen molar-refractivity contribution in [2.45, 2.75) is 58.3 Å². The Kier molecular flexibility index (Phi) is 3.92. The van der Waals surface area contributed by atoms with E-state index in [1.807, 2.05) is 11.6 Å². The summed E-state index contributed by atoms with van der Waals surface area (Å²) in [5.41, 5.74) is 2.38. The number of methoxy groups -OCH3 is 1. The summed E-state index contributed by atoms with van der Waals surface area (Å²) in [5, 5.41) is 8.11. The Morgan fingerprint density at radius 3 is 3.12 bits per heavy atom. The molecule has 2 atom stereocenters. The van der Waals surface area contributed by atoms with Crippen molar-refractivity contribution in [1.82, 2.24) is 20.1 Å². The van der Waals surface area contributed by atoms with E-state index < -0.39 is 0 Å². The standard InChI is InChI=1S/C18H24N4O2/c1-11-6-13-7-16(23-3)14(8-17(13)24-11)9-19-15-4-5-18-20-12(2)21-22(18)10-15/h7-8,11,15,19H,4-6,9-10H2,1-3H3/t11-,15+/m1/s1. The van der Waals surface area contributed by atoms with Crippen molar-refractivity contribution < 1.29 is 9.47 Å². The van der Waals surface area contributed by atoms with Gasteiger partial charge in [-0.15, -0.1) is 0 Å². The largest absolute Gasteiger partial charge is 0.496 e. The van der Waals surface area contributed by atoms with Gasteiger partial charge in [0.1, 0.15) is 29.3 Å². The summed E-state index contributed by atoms with van der Waals surface area (Å²) in [6.45, 7) is 5.69. The number of aromatic nitrogens is 3. The molecule has 128 valence electrons. The zero-order chi connectivity index (χ0) is 16.7. The molecule has 6 nitrogen and oxygen atoms in total. The van der Waals surface area contributed by atoms with E-state index in [1.165, 1.54) is 5.56 Å². The van der Waals surface area contributed by atoms with Crippen molar-refractivity contribution in [1.29, 1.82) is 0 Å². The van der Waals surface area contributed by atoms with Crippen LogP contribution in [-0.4, -0.2) is 34.0 Å². The number of nitrogens with zero attached hydrogens (tertiary/aromatic N) is 3.